The summed E-state index contributed by atoms with van der Waals surface area (Å²) in [6.45, 7) is 3.52. The Morgan fingerprint density at radius 2 is 2.08 bits per heavy atom. The lowest BCUT2D eigenvalue weighted by Gasteiger charge is -2.36. The van der Waals surface area contributed by atoms with Gasteiger partial charge in [0.2, 0.25) is 5.91 Å². The smallest absolute Gasteiger partial charge is 0.351 e. The zero-order valence-corrected chi connectivity index (χ0v) is 15.4. The fourth-order valence-electron chi connectivity index (χ4n) is 3.32. The number of thiazole rings is 1. The number of amides is 1. The first-order valence-corrected chi connectivity index (χ1v) is 9.55. The first-order chi connectivity index (χ1) is 11.6. The number of esters is 1. The molecule has 0 aliphatic carbocycles. The molecule has 1 amide bonds. The Balaban J connectivity index is 1.55. The topological polar surface area (TPSA) is 62.7 Å². The van der Waals surface area contributed by atoms with Crippen molar-refractivity contribution in [3.05, 3.63) is 10.0 Å². The SMILES string of the molecule is COC(=O)c1sc(N2CCC(CN3CCCCC3=O)CC2)nc1Cl. The molecule has 1 aromatic rings. The van der Waals surface area contributed by atoms with Gasteiger partial charge in [-0.3, -0.25) is 4.79 Å². The van der Waals surface area contributed by atoms with Crippen LogP contribution in [0.5, 0.6) is 0 Å². The lowest BCUT2D eigenvalue weighted by molar-refractivity contribution is -0.134. The molecule has 2 aliphatic heterocycles. The Morgan fingerprint density at radius 3 is 2.75 bits per heavy atom. The number of carbonyl (C=O) groups is 2. The Morgan fingerprint density at radius 1 is 1.33 bits per heavy atom. The minimum absolute atomic E-state index is 0.211. The van der Waals surface area contributed by atoms with E-state index in [4.69, 9.17) is 16.3 Å². The Bertz CT molecular complexity index is 614. The zero-order chi connectivity index (χ0) is 17.1. The molecule has 1 aromatic heterocycles. The number of halogens is 1. The van der Waals surface area contributed by atoms with Crippen molar-refractivity contribution in [3.8, 4) is 0 Å². The van der Waals surface area contributed by atoms with Gasteiger partial charge in [0.25, 0.3) is 0 Å². The number of piperidine rings is 2. The van der Waals surface area contributed by atoms with E-state index in [0.29, 0.717) is 23.1 Å². The van der Waals surface area contributed by atoms with Crippen LogP contribution in [-0.4, -0.2) is 55.0 Å². The summed E-state index contributed by atoms with van der Waals surface area (Å²) in [7, 11) is 1.34. The molecule has 0 radical (unpaired) electrons. The number of rotatable bonds is 4. The van der Waals surface area contributed by atoms with E-state index in [-0.39, 0.29) is 5.15 Å². The maximum atomic E-state index is 11.9. The predicted molar refractivity (Wildman–Crippen MR) is 93.8 cm³/mol. The molecule has 3 heterocycles. The van der Waals surface area contributed by atoms with E-state index in [1.807, 2.05) is 4.90 Å². The molecule has 132 valence electrons. The molecular formula is C16H22ClN3O3S. The van der Waals surface area contributed by atoms with E-state index in [1.165, 1.54) is 18.4 Å². The predicted octanol–water partition coefficient (Wildman–Crippen LogP) is 2.81. The minimum Gasteiger partial charge on any atom is -0.465 e. The standard InChI is InChI=1S/C16H22ClN3O3S/c1-23-15(22)13-14(17)18-16(24-13)19-8-5-11(6-9-19)10-20-7-3-2-4-12(20)21/h11H,2-10H2,1H3. The summed E-state index contributed by atoms with van der Waals surface area (Å²) in [4.78, 5) is 32.4. The molecule has 0 N–H and O–H groups in total. The third-order valence-electron chi connectivity index (χ3n) is 4.73. The van der Waals surface area contributed by atoms with Crippen LogP contribution in [0.3, 0.4) is 0 Å². The van der Waals surface area contributed by atoms with E-state index in [0.717, 1.165) is 57.0 Å². The van der Waals surface area contributed by atoms with Gasteiger partial charge in [0.15, 0.2) is 15.2 Å². The van der Waals surface area contributed by atoms with Crippen LogP contribution in [0.4, 0.5) is 5.13 Å². The summed E-state index contributed by atoms with van der Waals surface area (Å²) in [5.41, 5.74) is 0. The van der Waals surface area contributed by atoms with Crippen LogP contribution >= 0.6 is 22.9 Å². The summed E-state index contributed by atoms with van der Waals surface area (Å²) < 4.78 is 4.72. The van der Waals surface area contributed by atoms with Gasteiger partial charge >= 0.3 is 5.97 Å². The van der Waals surface area contributed by atoms with Gasteiger partial charge in [0, 0.05) is 32.6 Å². The average Bonchev–Trinajstić information content (AvgIpc) is 2.99. The number of anilines is 1. The Kier molecular flexibility index (Phi) is 5.61. The molecule has 2 saturated heterocycles. The number of hydrogen-bond acceptors (Lipinski definition) is 6. The maximum absolute atomic E-state index is 11.9. The monoisotopic (exact) mass is 371 g/mol. The highest BCUT2D eigenvalue weighted by Crippen LogP contribution is 2.33. The minimum atomic E-state index is -0.442. The van der Waals surface area contributed by atoms with E-state index in [9.17, 15) is 9.59 Å². The molecule has 6 nitrogen and oxygen atoms in total. The fraction of sp³-hybridized carbons (Fsp3) is 0.688. The van der Waals surface area contributed by atoms with Gasteiger partial charge in [-0.05, 0) is 31.6 Å². The van der Waals surface area contributed by atoms with Crippen LogP contribution in [0.2, 0.25) is 5.15 Å². The second-order valence-electron chi connectivity index (χ2n) is 6.34. The molecule has 0 bridgehead atoms. The zero-order valence-electron chi connectivity index (χ0n) is 13.8. The van der Waals surface area contributed by atoms with Gasteiger partial charge in [0.05, 0.1) is 7.11 Å². The Labute approximate surface area is 150 Å². The van der Waals surface area contributed by atoms with Crippen molar-refractivity contribution in [3.63, 3.8) is 0 Å². The van der Waals surface area contributed by atoms with Crippen LogP contribution in [0.25, 0.3) is 0 Å². The quantitative estimate of drug-likeness (QED) is 0.761. The van der Waals surface area contributed by atoms with Crippen molar-refractivity contribution in [2.45, 2.75) is 32.1 Å². The number of methoxy groups -OCH3 is 1. The van der Waals surface area contributed by atoms with Gasteiger partial charge in [-0.25, -0.2) is 9.78 Å². The molecule has 0 aromatic carbocycles. The number of ether oxygens (including phenoxy) is 1. The molecule has 24 heavy (non-hydrogen) atoms. The molecule has 3 rings (SSSR count). The molecule has 2 fully saturated rings. The summed E-state index contributed by atoms with van der Waals surface area (Å²) >= 11 is 7.32. The second-order valence-corrected chi connectivity index (χ2v) is 7.67. The van der Waals surface area contributed by atoms with E-state index in [1.54, 1.807) is 0 Å². The number of likely N-dealkylation sites (tertiary alicyclic amines) is 1. The van der Waals surface area contributed by atoms with Crippen LogP contribution in [0, 0.1) is 5.92 Å². The lowest BCUT2D eigenvalue weighted by atomic mass is 9.95. The van der Waals surface area contributed by atoms with Crippen molar-refractivity contribution in [2.75, 3.05) is 38.2 Å². The van der Waals surface area contributed by atoms with E-state index < -0.39 is 5.97 Å². The summed E-state index contributed by atoms with van der Waals surface area (Å²) in [6.07, 6.45) is 4.90. The van der Waals surface area contributed by atoms with Crippen LogP contribution in [0.15, 0.2) is 0 Å². The molecule has 8 heteroatoms. The molecule has 0 atom stereocenters. The summed E-state index contributed by atoms with van der Waals surface area (Å²) in [5, 5.41) is 0.982. The first-order valence-electron chi connectivity index (χ1n) is 8.36. The van der Waals surface area contributed by atoms with Crippen molar-refractivity contribution in [1.29, 1.82) is 0 Å². The van der Waals surface area contributed by atoms with Crippen molar-refractivity contribution in [1.82, 2.24) is 9.88 Å². The lowest BCUT2D eigenvalue weighted by Crippen LogP contribution is -2.42. The van der Waals surface area contributed by atoms with Gasteiger partial charge < -0.3 is 14.5 Å². The highest BCUT2D eigenvalue weighted by Gasteiger charge is 2.27. The van der Waals surface area contributed by atoms with Crippen molar-refractivity contribution >= 4 is 39.9 Å². The second kappa shape index (κ2) is 7.70. The molecule has 0 saturated carbocycles. The summed E-state index contributed by atoms with van der Waals surface area (Å²) in [5.74, 6) is 0.402. The highest BCUT2D eigenvalue weighted by molar-refractivity contribution is 7.18. The van der Waals surface area contributed by atoms with Crippen LogP contribution in [-0.2, 0) is 9.53 Å². The number of carbonyl (C=O) groups excluding carboxylic acids is 2. The molecule has 0 spiro atoms. The Hall–Kier alpha value is -1.34. The number of hydrogen-bond donors (Lipinski definition) is 0. The van der Waals surface area contributed by atoms with Gasteiger partial charge in [-0.15, -0.1) is 0 Å². The third-order valence-corrected chi connectivity index (χ3v) is 6.21. The first kappa shape index (κ1) is 17.5. The van der Waals surface area contributed by atoms with Gasteiger partial charge in [0.1, 0.15) is 0 Å². The molecule has 2 aliphatic rings. The van der Waals surface area contributed by atoms with Crippen LogP contribution < -0.4 is 4.90 Å². The number of nitrogens with zero attached hydrogens (tertiary/aromatic N) is 3. The number of aromatic nitrogens is 1. The molecular weight excluding hydrogens is 350 g/mol. The summed E-state index contributed by atoms with van der Waals surface area (Å²) in [6, 6.07) is 0. The third kappa shape index (κ3) is 3.83. The van der Waals surface area contributed by atoms with Gasteiger partial charge in [-0.2, -0.15) is 0 Å². The van der Waals surface area contributed by atoms with Crippen molar-refractivity contribution in [2.24, 2.45) is 5.92 Å². The maximum Gasteiger partial charge on any atom is 0.351 e. The molecule has 0 unspecified atom stereocenters. The van der Waals surface area contributed by atoms with Gasteiger partial charge in [-0.1, -0.05) is 22.9 Å². The average molecular weight is 372 g/mol. The fourth-order valence-corrected chi connectivity index (χ4v) is 4.57. The highest BCUT2D eigenvalue weighted by atomic mass is 35.5. The van der Waals surface area contributed by atoms with Crippen LogP contribution in [0.1, 0.15) is 41.8 Å². The van der Waals surface area contributed by atoms with E-state index >= 15 is 0 Å². The van der Waals surface area contributed by atoms with Crippen molar-refractivity contribution < 1.29 is 14.3 Å². The largest absolute Gasteiger partial charge is 0.465 e. The van der Waals surface area contributed by atoms with E-state index in [2.05, 4.69) is 9.88 Å². The normalized spacial score (nSPS) is 19.7.